The third kappa shape index (κ3) is 7.28. The summed E-state index contributed by atoms with van der Waals surface area (Å²) in [5.41, 5.74) is 1.39. The molecule has 5 nitrogen and oxygen atoms in total. The largest absolute Gasteiger partial charge is 0.326 e. The number of amides is 2. The van der Waals surface area contributed by atoms with Crippen LogP contribution in [0.1, 0.15) is 40.5 Å². The molecule has 1 rings (SSSR count). The summed E-state index contributed by atoms with van der Waals surface area (Å²) >= 11 is 0. The lowest BCUT2D eigenvalue weighted by molar-refractivity contribution is -0.119. The van der Waals surface area contributed by atoms with Crippen LogP contribution in [0, 0.1) is 5.92 Å². The molecule has 0 heterocycles. The lowest BCUT2D eigenvalue weighted by atomic mass is 10.2. The molecule has 0 aliphatic rings. The molecular formula is C18H29N3O2. The van der Waals surface area contributed by atoms with Gasteiger partial charge in [0.15, 0.2) is 0 Å². The highest BCUT2D eigenvalue weighted by atomic mass is 16.2. The van der Waals surface area contributed by atoms with Crippen LogP contribution in [0.5, 0.6) is 0 Å². The number of rotatable bonds is 9. The van der Waals surface area contributed by atoms with Crippen LogP contribution in [0.15, 0.2) is 24.3 Å². The van der Waals surface area contributed by atoms with E-state index in [-0.39, 0.29) is 17.7 Å². The maximum absolute atomic E-state index is 12.2. The summed E-state index contributed by atoms with van der Waals surface area (Å²) in [5, 5.41) is 5.74. The van der Waals surface area contributed by atoms with E-state index in [1.54, 1.807) is 6.07 Å². The molecule has 1 aromatic carbocycles. The Bertz CT molecular complexity index is 509. The number of anilines is 2. The van der Waals surface area contributed by atoms with Gasteiger partial charge in [-0.1, -0.05) is 33.8 Å². The summed E-state index contributed by atoms with van der Waals surface area (Å²) in [7, 11) is 0. The van der Waals surface area contributed by atoms with Crippen LogP contribution in [-0.2, 0) is 9.59 Å². The molecule has 5 heteroatoms. The first-order valence-corrected chi connectivity index (χ1v) is 8.39. The minimum atomic E-state index is -0.0788. The van der Waals surface area contributed by atoms with Gasteiger partial charge in [0.25, 0.3) is 0 Å². The maximum atomic E-state index is 12.2. The zero-order chi connectivity index (χ0) is 17.2. The highest BCUT2D eigenvalue weighted by molar-refractivity contribution is 5.95. The van der Waals surface area contributed by atoms with Crippen LogP contribution in [0.25, 0.3) is 0 Å². The SMILES string of the molecule is CCCN(CCC)CC(=O)Nc1cccc(NC(=O)C(C)C)c1. The molecule has 2 amide bonds. The maximum Gasteiger partial charge on any atom is 0.238 e. The van der Waals surface area contributed by atoms with Gasteiger partial charge in [-0.15, -0.1) is 0 Å². The van der Waals surface area contributed by atoms with Gasteiger partial charge in [0.05, 0.1) is 6.54 Å². The highest BCUT2D eigenvalue weighted by Gasteiger charge is 2.11. The highest BCUT2D eigenvalue weighted by Crippen LogP contribution is 2.16. The van der Waals surface area contributed by atoms with E-state index in [0.717, 1.165) is 25.9 Å². The van der Waals surface area contributed by atoms with Crippen molar-refractivity contribution in [3.05, 3.63) is 24.3 Å². The van der Waals surface area contributed by atoms with Gasteiger partial charge in [-0.3, -0.25) is 14.5 Å². The third-order valence-electron chi connectivity index (χ3n) is 3.39. The number of hydrogen-bond acceptors (Lipinski definition) is 3. The first kappa shape index (κ1) is 19.2. The number of nitrogens with one attached hydrogen (secondary N) is 2. The molecule has 0 saturated heterocycles. The second-order valence-corrected chi connectivity index (χ2v) is 6.05. The smallest absolute Gasteiger partial charge is 0.238 e. The molecule has 0 atom stereocenters. The predicted molar refractivity (Wildman–Crippen MR) is 95.6 cm³/mol. The van der Waals surface area contributed by atoms with Crippen molar-refractivity contribution < 1.29 is 9.59 Å². The molecule has 0 aliphatic carbocycles. The van der Waals surface area contributed by atoms with Gasteiger partial charge in [0, 0.05) is 17.3 Å². The topological polar surface area (TPSA) is 61.4 Å². The van der Waals surface area contributed by atoms with Crippen molar-refractivity contribution in [1.82, 2.24) is 4.90 Å². The van der Waals surface area contributed by atoms with E-state index in [2.05, 4.69) is 29.4 Å². The molecule has 0 aliphatic heterocycles. The van der Waals surface area contributed by atoms with Crippen molar-refractivity contribution >= 4 is 23.2 Å². The van der Waals surface area contributed by atoms with Crippen LogP contribution in [0.2, 0.25) is 0 Å². The summed E-state index contributed by atoms with van der Waals surface area (Å²) in [6.45, 7) is 10.2. The monoisotopic (exact) mass is 319 g/mol. The van der Waals surface area contributed by atoms with Crippen molar-refractivity contribution in [3.8, 4) is 0 Å². The molecule has 0 radical (unpaired) electrons. The summed E-state index contributed by atoms with van der Waals surface area (Å²) in [6.07, 6.45) is 2.06. The minimum Gasteiger partial charge on any atom is -0.326 e. The van der Waals surface area contributed by atoms with E-state index >= 15 is 0 Å². The van der Waals surface area contributed by atoms with Crippen molar-refractivity contribution in [2.45, 2.75) is 40.5 Å². The van der Waals surface area contributed by atoms with Crippen LogP contribution >= 0.6 is 0 Å². The quantitative estimate of drug-likeness (QED) is 0.734. The third-order valence-corrected chi connectivity index (χ3v) is 3.39. The number of carbonyl (C=O) groups is 2. The Morgan fingerprint density at radius 1 is 1.04 bits per heavy atom. The lowest BCUT2D eigenvalue weighted by Crippen LogP contribution is -2.34. The van der Waals surface area contributed by atoms with E-state index in [1.807, 2.05) is 32.0 Å². The first-order chi connectivity index (χ1) is 11.0. The molecule has 23 heavy (non-hydrogen) atoms. The number of carbonyl (C=O) groups excluding carboxylic acids is 2. The second kappa shape index (κ2) is 10.0. The van der Waals surface area contributed by atoms with Gasteiger partial charge in [-0.25, -0.2) is 0 Å². The Labute approximate surface area is 139 Å². The normalized spacial score (nSPS) is 10.9. The van der Waals surface area contributed by atoms with Gasteiger partial charge < -0.3 is 10.6 Å². The molecule has 0 bridgehead atoms. The predicted octanol–water partition coefficient (Wildman–Crippen LogP) is 3.34. The van der Waals surface area contributed by atoms with E-state index in [1.165, 1.54) is 0 Å². The minimum absolute atomic E-state index is 0.0285. The molecule has 128 valence electrons. The van der Waals surface area contributed by atoms with Crippen molar-refractivity contribution in [2.75, 3.05) is 30.3 Å². The molecule has 0 fully saturated rings. The Morgan fingerprint density at radius 3 is 2.13 bits per heavy atom. The Hall–Kier alpha value is -1.88. The molecule has 0 unspecified atom stereocenters. The van der Waals surface area contributed by atoms with Crippen LogP contribution in [-0.4, -0.2) is 36.3 Å². The average molecular weight is 319 g/mol. The van der Waals surface area contributed by atoms with Gasteiger partial charge in [0.2, 0.25) is 11.8 Å². The van der Waals surface area contributed by atoms with Crippen molar-refractivity contribution in [1.29, 1.82) is 0 Å². The van der Waals surface area contributed by atoms with Crippen molar-refractivity contribution in [2.24, 2.45) is 5.92 Å². The summed E-state index contributed by atoms with van der Waals surface area (Å²) in [4.78, 5) is 26.1. The van der Waals surface area contributed by atoms with Gasteiger partial charge in [-0.05, 0) is 44.1 Å². The number of nitrogens with zero attached hydrogens (tertiary/aromatic N) is 1. The van der Waals surface area contributed by atoms with E-state index in [0.29, 0.717) is 17.9 Å². The second-order valence-electron chi connectivity index (χ2n) is 6.05. The summed E-state index contributed by atoms with van der Waals surface area (Å²) in [6, 6.07) is 7.24. The zero-order valence-corrected chi connectivity index (χ0v) is 14.7. The number of benzene rings is 1. The molecule has 0 spiro atoms. The molecule has 0 aromatic heterocycles. The van der Waals surface area contributed by atoms with E-state index in [4.69, 9.17) is 0 Å². The summed E-state index contributed by atoms with van der Waals surface area (Å²) in [5.74, 6) is -0.144. The fraction of sp³-hybridized carbons (Fsp3) is 0.556. The van der Waals surface area contributed by atoms with Crippen molar-refractivity contribution in [3.63, 3.8) is 0 Å². The zero-order valence-electron chi connectivity index (χ0n) is 14.7. The Morgan fingerprint density at radius 2 is 1.61 bits per heavy atom. The van der Waals surface area contributed by atoms with Crippen LogP contribution < -0.4 is 10.6 Å². The summed E-state index contributed by atoms with van der Waals surface area (Å²) < 4.78 is 0. The standard InChI is InChI=1S/C18H29N3O2/c1-5-10-21(11-6-2)13-17(22)19-15-8-7-9-16(12-15)20-18(23)14(3)4/h7-9,12,14H,5-6,10-11,13H2,1-4H3,(H,19,22)(H,20,23). The van der Waals surface area contributed by atoms with Crippen LogP contribution in [0.4, 0.5) is 11.4 Å². The molecule has 0 saturated carbocycles. The average Bonchev–Trinajstić information content (AvgIpc) is 2.47. The molecule has 2 N–H and O–H groups in total. The van der Waals surface area contributed by atoms with Gasteiger partial charge in [-0.2, -0.15) is 0 Å². The van der Waals surface area contributed by atoms with E-state index in [9.17, 15) is 9.59 Å². The van der Waals surface area contributed by atoms with Gasteiger partial charge >= 0.3 is 0 Å². The number of hydrogen-bond donors (Lipinski definition) is 2. The van der Waals surface area contributed by atoms with E-state index < -0.39 is 0 Å². The van der Waals surface area contributed by atoms with Gasteiger partial charge in [0.1, 0.15) is 0 Å². The molecular weight excluding hydrogens is 290 g/mol. The fourth-order valence-electron chi connectivity index (χ4n) is 2.27. The lowest BCUT2D eigenvalue weighted by Gasteiger charge is -2.20. The molecule has 1 aromatic rings. The van der Waals surface area contributed by atoms with Crippen LogP contribution in [0.3, 0.4) is 0 Å². The Balaban J connectivity index is 2.62. The fourth-order valence-corrected chi connectivity index (χ4v) is 2.27. The first-order valence-electron chi connectivity index (χ1n) is 8.39. The Kier molecular flexibility index (Phi) is 8.33.